The molecule has 3 rings (SSSR count). The van der Waals surface area contributed by atoms with Crippen LogP contribution >= 0.6 is 0 Å². The van der Waals surface area contributed by atoms with Crippen LogP contribution < -0.4 is 14.8 Å². The molecule has 0 fully saturated rings. The second-order valence-corrected chi connectivity index (χ2v) is 7.73. The molecule has 0 spiro atoms. The molecule has 1 amide bonds. The summed E-state index contributed by atoms with van der Waals surface area (Å²) in [6.45, 7) is 1.78. The van der Waals surface area contributed by atoms with Gasteiger partial charge in [-0.25, -0.2) is 8.42 Å². The lowest BCUT2D eigenvalue weighted by Crippen LogP contribution is -2.26. The van der Waals surface area contributed by atoms with Gasteiger partial charge in [-0.2, -0.15) is 0 Å². The van der Waals surface area contributed by atoms with Gasteiger partial charge in [-0.1, -0.05) is 18.2 Å². The maximum absolute atomic E-state index is 12.7. The van der Waals surface area contributed by atoms with E-state index in [4.69, 9.17) is 9.15 Å². The number of benzene rings is 2. The van der Waals surface area contributed by atoms with Crippen LogP contribution in [0.4, 0.5) is 5.69 Å². The maximum atomic E-state index is 12.7. The van der Waals surface area contributed by atoms with E-state index in [1.807, 2.05) is 0 Å². The number of hydrogen-bond acceptors (Lipinski definition) is 5. The Morgan fingerprint density at radius 3 is 2.57 bits per heavy atom. The van der Waals surface area contributed by atoms with Gasteiger partial charge in [0.2, 0.25) is 0 Å². The number of sulfonamides is 1. The number of methoxy groups -OCH3 is 1. The van der Waals surface area contributed by atoms with Crippen molar-refractivity contribution in [2.45, 2.75) is 17.9 Å². The molecule has 3 aromatic rings. The molecule has 7 nitrogen and oxygen atoms in total. The van der Waals surface area contributed by atoms with Gasteiger partial charge in [0.1, 0.15) is 11.5 Å². The third-order valence-electron chi connectivity index (χ3n) is 4.08. The number of ether oxygens (including phenoxy) is 1. The molecule has 0 radical (unpaired) electrons. The second kappa shape index (κ2) is 8.18. The van der Waals surface area contributed by atoms with Gasteiger partial charge in [-0.05, 0) is 49.4 Å². The van der Waals surface area contributed by atoms with Gasteiger partial charge in [0, 0.05) is 5.56 Å². The molecule has 0 aliphatic carbocycles. The van der Waals surface area contributed by atoms with E-state index in [0.717, 1.165) is 0 Å². The first-order valence-electron chi connectivity index (χ1n) is 8.51. The van der Waals surface area contributed by atoms with Crippen LogP contribution in [0.5, 0.6) is 5.75 Å². The standard InChI is InChI=1S/C20H20N2O5S/c1-14(18-11-6-12-27-18)21-20(23)15-7-5-8-16(13-15)28(24,25)22-17-9-3-4-10-19(17)26-2/h3-14,22H,1-2H3,(H,21,23)/t14-/m1/s1. The highest BCUT2D eigenvalue weighted by atomic mass is 32.2. The van der Waals surface area contributed by atoms with E-state index in [-0.39, 0.29) is 16.5 Å². The Bertz CT molecular complexity index is 1060. The van der Waals surface area contributed by atoms with Crippen molar-refractivity contribution in [2.24, 2.45) is 0 Å². The zero-order valence-corrected chi connectivity index (χ0v) is 16.2. The Hall–Kier alpha value is -3.26. The van der Waals surface area contributed by atoms with Crippen molar-refractivity contribution in [3.05, 3.63) is 78.3 Å². The smallest absolute Gasteiger partial charge is 0.262 e. The van der Waals surface area contributed by atoms with E-state index in [0.29, 0.717) is 17.2 Å². The third kappa shape index (κ3) is 4.34. The Morgan fingerprint density at radius 2 is 1.86 bits per heavy atom. The zero-order valence-electron chi connectivity index (χ0n) is 15.4. The normalized spacial score (nSPS) is 12.2. The van der Waals surface area contributed by atoms with Crippen LogP contribution in [0.15, 0.2) is 76.2 Å². The van der Waals surface area contributed by atoms with Crippen LogP contribution in [0.1, 0.15) is 29.1 Å². The molecule has 2 N–H and O–H groups in total. The predicted octanol–water partition coefficient (Wildman–Crippen LogP) is 3.58. The fraction of sp³-hybridized carbons (Fsp3) is 0.150. The summed E-state index contributed by atoms with van der Waals surface area (Å²) in [6.07, 6.45) is 1.52. The molecule has 1 heterocycles. The lowest BCUT2D eigenvalue weighted by Gasteiger charge is -2.13. The highest BCUT2D eigenvalue weighted by molar-refractivity contribution is 7.92. The maximum Gasteiger partial charge on any atom is 0.262 e. The fourth-order valence-electron chi connectivity index (χ4n) is 2.63. The molecular formula is C20H20N2O5S. The van der Waals surface area contributed by atoms with E-state index < -0.39 is 15.9 Å². The van der Waals surface area contributed by atoms with Crippen molar-refractivity contribution in [2.75, 3.05) is 11.8 Å². The summed E-state index contributed by atoms with van der Waals surface area (Å²) >= 11 is 0. The number of nitrogens with one attached hydrogen (secondary N) is 2. The highest BCUT2D eigenvalue weighted by Crippen LogP contribution is 2.26. The number of amides is 1. The van der Waals surface area contributed by atoms with Crippen molar-refractivity contribution in [1.82, 2.24) is 5.32 Å². The monoisotopic (exact) mass is 400 g/mol. The first-order valence-corrected chi connectivity index (χ1v) is 9.99. The summed E-state index contributed by atoms with van der Waals surface area (Å²) in [6, 6.07) is 15.6. The number of anilines is 1. The minimum Gasteiger partial charge on any atom is -0.495 e. The van der Waals surface area contributed by atoms with Gasteiger partial charge in [-0.15, -0.1) is 0 Å². The lowest BCUT2D eigenvalue weighted by molar-refractivity contribution is 0.0935. The van der Waals surface area contributed by atoms with Crippen molar-refractivity contribution in [3.63, 3.8) is 0 Å². The van der Waals surface area contributed by atoms with E-state index in [2.05, 4.69) is 10.0 Å². The first-order chi connectivity index (χ1) is 13.4. The molecule has 0 aliphatic heterocycles. The summed E-state index contributed by atoms with van der Waals surface area (Å²) in [7, 11) is -2.45. The molecule has 146 valence electrons. The van der Waals surface area contributed by atoms with Crippen LogP contribution in [0.25, 0.3) is 0 Å². The molecule has 8 heteroatoms. The molecular weight excluding hydrogens is 380 g/mol. The molecule has 2 aromatic carbocycles. The summed E-state index contributed by atoms with van der Waals surface area (Å²) in [5, 5.41) is 2.78. The summed E-state index contributed by atoms with van der Waals surface area (Å²) in [5.74, 6) is 0.598. The molecule has 1 aromatic heterocycles. The quantitative estimate of drug-likeness (QED) is 0.632. The van der Waals surface area contributed by atoms with Crippen LogP contribution in [-0.4, -0.2) is 21.4 Å². The van der Waals surface area contributed by atoms with Gasteiger partial charge in [0.25, 0.3) is 15.9 Å². The van der Waals surface area contributed by atoms with Crippen molar-refractivity contribution in [3.8, 4) is 5.75 Å². The average molecular weight is 400 g/mol. The van der Waals surface area contributed by atoms with Crippen molar-refractivity contribution < 1.29 is 22.4 Å². The number of rotatable bonds is 7. The van der Waals surface area contributed by atoms with Crippen LogP contribution in [0.2, 0.25) is 0 Å². The summed E-state index contributed by atoms with van der Waals surface area (Å²) < 4.78 is 38.4. The second-order valence-electron chi connectivity index (χ2n) is 6.04. The molecule has 0 saturated carbocycles. The van der Waals surface area contributed by atoms with Gasteiger partial charge in [0.05, 0.1) is 30.0 Å². The first kappa shape index (κ1) is 19.5. The van der Waals surface area contributed by atoms with Gasteiger partial charge in [0.15, 0.2) is 0 Å². The molecule has 0 bridgehead atoms. The molecule has 28 heavy (non-hydrogen) atoms. The zero-order chi connectivity index (χ0) is 20.1. The van der Waals surface area contributed by atoms with Gasteiger partial charge < -0.3 is 14.5 Å². The van der Waals surface area contributed by atoms with Gasteiger partial charge in [-0.3, -0.25) is 9.52 Å². The van der Waals surface area contributed by atoms with Gasteiger partial charge >= 0.3 is 0 Å². The predicted molar refractivity (Wildman–Crippen MR) is 105 cm³/mol. The number of furan rings is 1. The van der Waals surface area contributed by atoms with E-state index in [1.54, 1.807) is 49.4 Å². The minimum atomic E-state index is -3.90. The third-order valence-corrected chi connectivity index (χ3v) is 5.44. The van der Waals surface area contributed by atoms with Crippen molar-refractivity contribution >= 4 is 21.6 Å². The molecule has 0 aliphatic rings. The Labute approximate surface area is 163 Å². The Kier molecular flexibility index (Phi) is 5.70. The van der Waals surface area contributed by atoms with Crippen LogP contribution in [0, 0.1) is 0 Å². The summed E-state index contributed by atoms with van der Waals surface area (Å²) in [5.41, 5.74) is 0.535. The lowest BCUT2D eigenvalue weighted by atomic mass is 10.2. The van der Waals surface area contributed by atoms with Crippen LogP contribution in [0.3, 0.4) is 0 Å². The number of carbonyl (C=O) groups excluding carboxylic acids is 1. The molecule has 0 unspecified atom stereocenters. The van der Waals surface area contributed by atoms with Crippen LogP contribution in [-0.2, 0) is 10.0 Å². The highest BCUT2D eigenvalue weighted by Gasteiger charge is 2.19. The number of carbonyl (C=O) groups is 1. The Morgan fingerprint density at radius 1 is 1.07 bits per heavy atom. The number of para-hydroxylation sites is 2. The summed E-state index contributed by atoms with van der Waals surface area (Å²) in [4.78, 5) is 12.5. The topological polar surface area (TPSA) is 97.6 Å². The van der Waals surface area contributed by atoms with Crippen molar-refractivity contribution in [1.29, 1.82) is 0 Å². The average Bonchev–Trinajstić information content (AvgIpc) is 3.23. The largest absolute Gasteiger partial charge is 0.495 e. The van der Waals surface area contributed by atoms with E-state index in [1.165, 1.54) is 31.6 Å². The number of hydrogen-bond donors (Lipinski definition) is 2. The fourth-order valence-corrected chi connectivity index (χ4v) is 3.74. The SMILES string of the molecule is COc1ccccc1NS(=O)(=O)c1cccc(C(=O)N[C@H](C)c2ccco2)c1. The minimum absolute atomic E-state index is 0.0308. The Balaban J connectivity index is 1.80. The molecule has 0 saturated heterocycles. The molecule has 1 atom stereocenters. The van der Waals surface area contributed by atoms with E-state index >= 15 is 0 Å². The van der Waals surface area contributed by atoms with E-state index in [9.17, 15) is 13.2 Å².